The van der Waals surface area contributed by atoms with Crippen molar-refractivity contribution in [2.45, 2.75) is 6.42 Å². The van der Waals surface area contributed by atoms with Crippen LogP contribution in [0.25, 0.3) is 10.8 Å². The van der Waals surface area contributed by atoms with Crippen molar-refractivity contribution >= 4 is 34.0 Å². The van der Waals surface area contributed by atoms with Crippen molar-refractivity contribution in [2.24, 2.45) is 0 Å². The molecule has 0 spiro atoms. The van der Waals surface area contributed by atoms with Gasteiger partial charge in [0.05, 0.1) is 13.2 Å². The van der Waals surface area contributed by atoms with Gasteiger partial charge in [0.15, 0.2) is 11.6 Å². The van der Waals surface area contributed by atoms with Crippen LogP contribution in [0.2, 0.25) is 0 Å². The molecule has 5 N–H and O–H groups in total. The van der Waals surface area contributed by atoms with Gasteiger partial charge in [-0.05, 0) is 29.8 Å². The van der Waals surface area contributed by atoms with Gasteiger partial charge in [0.1, 0.15) is 12.0 Å². The molecule has 0 radical (unpaired) electrons. The summed E-state index contributed by atoms with van der Waals surface area (Å²) in [6.45, 7) is 5.27. The highest BCUT2D eigenvalue weighted by molar-refractivity contribution is 6.07. The Labute approximate surface area is 181 Å². The lowest BCUT2D eigenvalue weighted by molar-refractivity contribution is 0.0378. The van der Waals surface area contributed by atoms with Crippen molar-refractivity contribution in [3.05, 3.63) is 54.4 Å². The molecule has 0 aliphatic carbocycles. The Morgan fingerprint density at radius 1 is 1.06 bits per heavy atom. The molecule has 0 unspecified atom stereocenters. The predicted octanol–water partition coefficient (Wildman–Crippen LogP) is 2.10. The Kier molecular flexibility index (Phi) is 6.75. The number of aromatic nitrogens is 2. The molecule has 9 nitrogen and oxygen atoms in total. The number of carbonyl (C=O) groups is 1. The topological polar surface area (TPSA) is 117 Å². The number of nitrogens with two attached hydrogens (primary N) is 1. The maximum absolute atomic E-state index is 12.7. The van der Waals surface area contributed by atoms with Gasteiger partial charge < -0.3 is 15.8 Å². The van der Waals surface area contributed by atoms with Crippen molar-refractivity contribution in [2.75, 3.05) is 55.9 Å². The van der Waals surface area contributed by atoms with Crippen LogP contribution in [-0.2, 0) is 4.74 Å². The van der Waals surface area contributed by atoms with Gasteiger partial charge in [-0.1, -0.05) is 36.4 Å². The number of nitrogens with one attached hydrogen (secondary N) is 3. The SMILES string of the molecule is Nc1c(NCCCN2CCOCC2)ncnc1NNC(=O)c1cccc2ccccc12. The molecular formula is C22H27N7O2. The first-order valence-electron chi connectivity index (χ1n) is 10.4. The average Bonchev–Trinajstić information content (AvgIpc) is 2.82. The number of anilines is 3. The molecule has 1 fully saturated rings. The number of carbonyl (C=O) groups excluding carboxylic acids is 1. The Bertz CT molecular complexity index is 1030. The third kappa shape index (κ3) is 5.19. The van der Waals surface area contributed by atoms with Crippen LogP contribution in [0.3, 0.4) is 0 Å². The second-order valence-electron chi connectivity index (χ2n) is 7.32. The third-order valence-corrected chi connectivity index (χ3v) is 5.26. The molecule has 0 atom stereocenters. The van der Waals surface area contributed by atoms with Crippen LogP contribution in [0, 0.1) is 0 Å². The Morgan fingerprint density at radius 2 is 1.84 bits per heavy atom. The highest BCUT2D eigenvalue weighted by Gasteiger charge is 2.13. The number of hydrogen-bond donors (Lipinski definition) is 4. The Hall–Kier alpha value is -3.43. The number of hydrogen-bond acceptors (Lipinski definition) is 8. The molecule has 2 heterocycles. The summed E-state index contributed by atoms with van der Waals surface area (Å²) in [6, 6.07) is 13.4. The van der Waals surface area contributed by atoms with Crippen molar-refractivity contribution in [3.63, 3.8) is 0 Å². The molecular weight excluding hydrogens is 394 g/mol. The van der Waals surface area contributed by atoms with E-state index < -0.39 is 0 Å². The van der Waals surface area contributed by atoms with E-state index in [0.29, 0.717) is 22.9 Å². The van der Waals surface area contributed by atoms with E-state index in [9.17, 15) is 4.79 Å². The molecule has 3 aromatic rings. The zero-order chi connectivity index (χ0) is 21.5. The van der Waals surface area contributed by atoms with Crippen LogP contribution in [0.15, 0.2) is 48.8 Å². The van der Waals surface area contributed by atoms with Crippen molar-refractivity contribution in [3.8, 4) is 0 Å². The normalized spacial score (nSPS) is 14.3. The van der Waals surface area contributed by atoms with E-state index in [-0.39, 0.29) is 5.91 Å². The van der Waals surface area contributed by atoms with Gasteiger partial charge in [-0.2, -0.15) is 0 Å². The molecule has 1 aliphatic heterocycles. The number of fused-ring (bicyclic) bond motifs is 1. The molecule has 4 rings (SSSR count). The summed E-state index contributed by atoms with van der Waals surface area (Å²) in [5, 5.41) is 5.13. The smallest absolute Gasteiger partial charge is 0.270 e. The van der Waals surface area contributed by atoms with Gasteiger partial charge >= 0.3 is 0 Å². The Morgan fingerprint density at radius 3 is 2.71 bits per heavy atom. The fraction of sp³-hybridized carbons (Fsp3) is 0.318. The van der Waals surface area contributed by atoms with Crippen LogP contribution < -0.4 is 21.9 Å². The summed E-state index contributed by atoms with van der Waals surface area (Å²) in [5.74, 6) is 0.619. The quantitative estimate of drug-likeness (QED) is 0.323. The third-order valence-electron chi connectivity index (χ3n) is 5.26. The average molecular weight is 422 g/mol. The number of rotatable bonds is 8. The second kappa shape index (κ2) is 10.1. The van der Waals surface area contributed by atoms with Crippen LogP contribution in [0.5, 0.6) is 0 Å². The van der Waals surface area contributed by atoms with E-state index >= 15 is 0 Å². The number of hydrazine groups is 1. The van der Waals surface area contributed by atoms with Gasteiger partial charge in [0, 0.05) is 25.2 Å². The summed E-state index contributed by atoms with van der Waals surface area (Å²) in [4.78, 5) is 23.4. The zero-order valence-corrected chi connectivity index (χ0v) is 17.3. The lowest BCUT2D eigenvalue weighted by Gasteiger charge is -2.26. The first-order valence-corrected chi connectivity index (χ1v) is 10.4. The molecule has 2 aromatic carbocycles. The minimum Gasteiger partial charge on any atom is -0.393 e. The van der Waals surface area contributed by atoms with Crippen LogP contribution >= 0.6 is 0 Å². The van der Waals surface area contributed by atoms with Crippen molar-refractivity contribution in [1.29, 1.82) is 0 Å². The molecule has 0 bridgehead atoms. The first-order chi connectivity index (χ1) is 15.2. The molecule has 1 aromatic heterocycles. The largest absolute Gasteiger partial charge is 0.393 e. The molecule has 9 heteroatoms. The van der Waals surface area contributed by atoms with E-state index in [2.05, 4.69) is 31.0 Å². The number of benzene rings is 2. The van der Waals surface area contributed by atoms with Gasteiger partial charge in [0.2, 0.25) is 0 Å². The number of morpholine rings is 1. The molecule has 1 saturated heterocycles. The van der Waals surface area contributed by atoms with E-state index in [1.165, 1.54) is 6.33 Å². The van der Waals surface area contributed by atoms with Crippen LogP contribution in [0.4, 0.5) is 17.3 Å². The fourth-order valence-electron chi connectivity index (χ4n) is 3.58. The highest BCUT2D eigenvalue weighted by atomic mass is 16.5. The summed E-state index contributed by atoms with van der Waals surface area (Å²) in [6.07, 6.45) is 2.37. The van der Waals surface area contributed by atoms with E-state index in [1.54, 1.807) is 6.07 Å². The Balaban J connectivity index is 1.33. The predicted molar refractivity (Wildman–Crippen MR) is 122 cm³/mol. The minimum absolute atomic E-state index is 0.269. The monoisotopic (exact) mass is 421 g/mol. The summed E-state index contributed by atoms with van der Waals surface area (Å²) >= 11 is 0. The van der Waals surface area contributed by atoms with Crippen LogP contribution in [0.1, 0.15) is 16.8 Å². The molecule has 0 saturated carbocycles. The number of amides is 1. The lowest BCUT2D eigenvalue weighted by Crippen LogP contribution is -2.37. The maximum Gasteiger partial charge on any atom is 0.270 e. The fourth-order valence-corrected chi connectivity index (χ4v) is 3.58. The van der Waals surface area contributed by atoms with Crippen LogP contribution in [-0.4, -0.2) is 60.2 Å². The van der Waals surface area contributed by atoms with Crippen molar-refractivity contribution < 1.29 is 9.53 Å². The molecule has 1 aliphatic rings. The molecule has 1 amide bonds. The summed E-state index contributed by atoms with van der Waals surface area (Å²) < 4.78 is 5.37. The number of ether oxygens (including phenoxy) is 1. The van der Waals surface area contributed by atoms with E-state index in [0.717, 1.165) is 56.6 Å². The number of nitrogens with zero attached hydrogens (tertiary/aromatic N) is 3. The minimum atomic E-state index is -0.269. The summed E-state index contributed by atoms with van der Waals surface area (Å²) in [7, 11) is 0. The standard InChI is InChI=1S/C22H27N7O2/c23-19-20(24-9-4-10-29-11-13-31-14-12-29)25-15-26-21(19)27-28-22(30)18-8-3-6-16-5-1-2-7-17(16)18/h1-3,5-8,15H,4,9-14,23H2,(H,28,30)(H2,24,25,26,27). The van der Waals surface area contributed by atoms with E-state index in [1.807, 2.05) is 36.4 Å². The molecule has 162 valence electrons. The first kappa shape index (κ1) is 20.8. The maximum atomic E-state index is 12.7. The van der Waals surface area contributed by atoms with Crippen molar-refractivity contribution in [1.82, 2.24) is 20.3 Å². The van der Waals surface area contributed by atoms with E-state index in [4.69, 9.17) is 10.5 Å². The van der Waals surface area contributed by atoms with Gasteiger partial charge in [-0.15, -0.1) is 0 Å². The van der Waals surface area contributed by atoms with Gasteiger partial charge in [-0.3, -0.25) is 20.5 Å². The highest BCUT2D eigenvalue weighted by Crippen LogP contribution is 2.22. The summed E-state index contributed by atoms with van der Waals surface area (Å²) in [5.41, 5.74) is 12.6. The molecule has 31 heavy (non-hydrogen) atoms. The van der Waals surface area contributed by atoms with Gasteiger partial charge in [0.25, 0.3) is 5.91 Å². The second-order valence-corrected chi connectivity index (χ2v) is 7.32. The number of nitrogen functional groups attached to an aromatic ring is 1. The zero-order valence-electron chi connectivity index (χ0n) is 17.3. The van der Waals surface area contributed by atoms with Gasteiger partial charge in [-0.25, -0.2) is 9.97 Å². The lowest BCUT2D eigenvalue weighted by atomic mass is 10.0.